The van der Waals surface area contributed by atoms with Crippen LogP contribution in [0.5, 0.6) is 0 Å². The van der Waals surface area contributed by atoms with Crippen molar-refractivity contribution in [3.63, 3.8) is 0 Å². The van der Waals surface area contributed by atoms with Crippen molar-refractivity contribution < 1.29 is 18.0 Å². The predicted molar refractivity (Wildman–Crippen MR) is 96.4 cm³/mol. The van der Waals surface area contributed by atoms with Gasteiger partial charge in [-0.05, 0) is 37.6 Å². The molecule has 0 spiro atoms. The van der Waals surface area contributed by atoms with Crippen LogP contribution in [0.15, 0.2) is 30.3 Å². The third kappa shape index (κ3) is 4.27. The molecule has 7 heteroatoms. The molecule has 0 saturated carbocycles. The highest BCUT2D eigenvalue weighted by molar-refractivity contribution is 7.12. The van der Waals surface area contributed by atoms with E-state index in [1.807, 2.05) is 24.8 Å². The Morgan fingerprint density at radius 1 is 1.08 bits per heavy atom. The summed E-state index contributed by atoms with van der Waals surface area (Å²) in [5.41, 5.74) is 1.00. The summed E-state index contributed by atoms with van der Waals surface area (Å²) in [6, 6.07) is 7.24. The van der Waals surface area contributed by atoms with Gasteiger partial charge in [-0.15, -0.1) is 11.3 Å². The van der Waals surface area contributed by atoms with E-state index in [0.29, 0.717) is 19.6 Å². The van der Waals surface area contributed by atoms with Gasteiger partial charge >= 0.3 is 6.18 Å². The monoisotopic (exact) mass is 382 g/mol. The molecule has 0 radical (unpaired) electrons. The highest BCUT2D eigenvalue weighted by atomic mass is 32.1. The second-order valence-corrected chi connectivity index (χ2v) is 8.05. The van der Waals surface area contributed by atoms with E-state index in [2.05, 4.69) is 4.90 Å². The van der Waals surface area contributed by atoms with E-state index < -0.39 is 11.7 Å². The third-order valence-corrected chi connectivity index (χ3v) is 5.58. The Bertz CT molecular complexity index is 775. The number of piperazine rings is 1. The van der Waals surface area contributed by atoms with E-state index in [0.717, 1.165) is 46.1 Å². The van der Waals surface area contributed by atoms with Gasteiger partial charge in [0.15, 0.2) is 0 Å². The average Bonchev–Trinajstić information content (AvgIpc) is 2.93. The van der Waals surface area contributed by atoms with Gasteiger partial charge in [0.25, 0.3) is 5.91 Å². The van der Waals surface area contributed by atoms with Gasteiger partial charge < -0.3 is 4.90 Å². The molecule has 26 heavy (non-hydrogen) atoms. The van der Waals surface area contributed by atoms with Crippen molar-refractivity contribution >= 4 is 17.2 Å². The molecule has 1 fully saturated rings. The minimum absolute atomic E-state index is 0.0704. The van der Waals surface area contributed by atoms with Gasteiger partial charge in [-0.25, -0.2) is 0 Å². The molecule has 0 N–H and O–H groups in total. The number of thiophene rings is 1. The van der Waals surface area contributed by atoms with E-state index in [9.17, 15) is 18.0 Å². The maximum atomic E-state index is 12.6. The lowest BCUT2D eigenvalue weighted by atomic mass is 10.1. The molecule has 0 unspecified atom stereocenters. The van der Waals surface area contributed by atoms with Gasteiger partial charge in [0, 0.05) is 42.5 Å². The predicted octanol–water partition coefficient (Wildman–Crippen LogP) is 4.34. The molecular formula is C19H21F3N2OS. The van der Waals surface area contributed by atoms with E-state index in [4.69, 9.17) is 0 Å². The minimum atomic E-state index is -4.30. The van der Waals surface area contributed by atoms with Crippen LogP contribution in [0.3, 0.4) is 0 Å². The van der Waals surface area contributed by atoms with E-state index in [1.165, 1.54) is 12.1 Å². The summed E-state index contributed by atoms with van der Waals surface area (Å²) in [5, 5.41) is 0. The quantitative estimate of drug-likeness (QED) is 0.788. The standard InChI is InChI=1S/C19H21F3N2OS/c1-13-11-17(14(2)26-13)18(25)24-9-7-23(8-10-24)12-15-3-5-16(6-4-15)19(20,21)22/h3-6,11H,7-10,12H2,1-2H3. The largest absolute Gasteiger partial charge is 0.416 e. The zero-order valence-electron chi connectivity index (χ0n) is 14.8. The van der Waals surface area contributed by atoms with Crippen molar-refractivity contribution in [2.24, 2.45) is 0 Å². The summed E-state index contributed by atoms with van der Waals surface area (Å²) >= 11 is 1.63. The number of carbonyl (C=O) groups is 1. The molecule has 0 aliphatic carbocycles. The van der Waals surface area contributed by atoms with E-state index in [-0.39, 0.29) is 5.91 Å². The highest BCUT2D eigenvalue weighted by Gasteiger charge is 2.30. The van der Waals surface area contributed by atoms with E-state index in [1.54, 1.807) is 11.3 Å². The molecule has 1 saturated heterocycles. The number of carbonyl (C=O) groups excluding carboxylic acids is 1. The Kier molecular flexibility index (Phi) is 5.39. The lowest BCUT2D eigenvalue weighted by Crippen LogP contribution is -2.48. The van der Waals surface area contributed by atoms with Gasteiger partial charge in [-0.2, -0.15) is 13.2 Å². The second kappa shape index (κ2) is 7.40. The molecule has 1 aromatic carbocycles. The van der Waals surface area contributed by atoms with Crippen molar-refractivity contribution in [1.29, 1.82) is 0 Å². The molecule has 1 aliphatic heterocycles. The number of hydrogen-bond donors (Lipinski definition) is 0. The molecule has 0 atom stereocenters. The van der Waals surface area contributed by atoms with Crippen molar-refractivity contribution in [3.05, 3.63) is 56.8 Å². The van der Waals surface area contributed by atoms with Crippen molar-refractivity contribution in [3.8, 4) is 0 Å². The summed E-state index contributed by atoms with van der Waals surface area (Å²) in [6.07, 6.45) is -4.30. The Morgan fingerprint density at radius 3 is 2.19 bits per heavy atom. The maximum Gasteiger partial charge on any atom is 0.416 e. The maximum absolute atomic E-state index is 12.6. The number of hydrogen-bond acceptors (Lipinski definition) is 3. The van der Waals surface area contributed by atoms with Gasteiger partial charge in [-0.1, -0.05) is 12.1 Å². The smallest absolute Gasteiger partial charge is 0.336 e. The zero-order valence-corrected chi connectivity index (χ0v) is 15.6. The van der Waals surface area contributed by atoms with Crippen LogP contribution in [0.2, 0.25) is 0 Å². The van der Waals surface area contributed by atoms with Crippen LogP contribution in [0, 0.1) is 13.8 Å². The lowest BCUT2D eigenvalue weighted by molar-refractivity contribution is -0.137. The summed E-state index contributed by atoms with van der Waals surface area (Å²) in [7, 11) is 0. The van der Waals surface area contributed by atoms with Crippen LogP contribution in [-0.4, -0.2) is 41.9 Å². The van der Waals surface area contributed by atoms with Crippen LogP contribution in [0.4, 0.5) is 13.2 Å². The fourth-order valence-corrected chi connectivity index (χ4v) is 4.10. The first-order valence-electron chi connectivity index (χ1n) is 8.49. The summed E-state index contributed by atoms with van der Waals surface area (Å²) in [4.78, 5) is 18.8. The Labute approximate surface area is 155 Å². The molecule has 2 heterocycles. The van der Waals surface area contributed by atoms with Crippen molar-refractivity contribution in [2.75, 3.05) is 26.2 Å². The van der Waals surface area contributed by atoms with Crippen LogP contribution in [-0.2, 0) is 12.7 Å². The molecular weight excluding hydrogens is 361 g/mol. The zero-order chi connectivity index (χ0) is 18.9. The van der Waals surface area contributed by atoms with Crippen LogP contribution in [0.25, 0.3) is 0 Å². The fraction of sp³-hybridized carbons (Fsp3) is 0.421. The molecule has 0 bridgehead atoms. The SMILES string of the molecule is Cc1cc(C(=O)N2CCN(Cc3ccc(C(F)(F)F)cc3)CC2)c(C)s1. The number of benzene rings is 1. The van der Waals surface area contributed by atoms with Crippen molar-refractivity contribution in [1.82, 2.24) is 9.80 Å². The van der Waals surface area contributed by atoms with Gasteiger partial charge in [0.05, 0.1) is 11.1 Å². The number of amides is 1. The molecule has 1 amide bonds. The first-order valence-corrected chi connectivity index (χ1v) is 9.30. The summed E-state index contributed by atoms with van der Waals surface area (Å²) in [5.74, 6) is 0.0704. The number of halogens is 3. The van der Waals surface area contributed by atoms with Gasteiger partial charge in [0.1, 0.15) is 0 Å². The van der Waals surface area contributed by atoms with Gasteiger partial charge in [-0.3, -0.25) is 9.69 Å². The lowest BCUT2D eigenvalue weighted by Gasteiger charge is -2.34. The number of nitrogens with zero attached hydrogens (tertiary/aromatic N) is 2. The van der Waals surface area contributed by atoms with Gasteiger partial charge in [0.2, 0.25) is 0 Å². The first-order chi connectivity index (χ1) is 12.2. The molecule has 1 aromatic heterocycles. The molecule has 140 valence electrons. The second-order valence-electron chi connectivity index (χ2n) is 6.59. The Morgan fingerprint density at radius 2 is 1.69 bits per heavy atom. The summed E-state index contributed by atoms with van der Waals surface area (Å²) in [6.45, 7) is 7.25. The minimum Gasteiger partial charge on any atom is -0.336 e. The number of rotatable bonds is 3. The molecule has 3 rings (SSSR count). The van der Waals surface area contributed by atoms with E-state index >= 15 is 0 Å². The first kappa shape index (κ1) is 18.9. The molecule has 2 aromatic rings. The highest BCUT2D eigenvalue weighted by Crippen LogP contribution is 2.29. The van der Waals surface area contributed by atoms with Crippen LogP contribution >= 0.6 is 11.3 Å². The number of aryl methyl sites for hydroxylation is 2. The topological polar surface area (TPSA) is 23.6 Å². The molecule has 1 aliphatic rings. The Balaban J connectivity index is 1.55. The van der Waals surface area contributed by atoms with Crippen LogP contribution in [0.1, 0.15) is 31.2 Å². The summed E-state index contributed by atoms with van der Waals surface area (Å²) < 4.78 is 37.9. The fourth-order valence-electron chi connectivity index (χ4n) is 3.18. The van der Waals surface area contributed by atoms with Crippen molar-refractivity contribution in [2.45, 2.75) is 26.6 Å². The normalized spacial score (nSPS) is 16.1. The number of alkyl halides is 3. The Hall–Kier alpha value is -1.86. The van der Waals surface area contributed by atoms with Crippen LogP contribution < -0.4 is 0 Å². The molecule has 3 nitrogen and oxygen atoms in total. The third-order valence-electron chi connectivity index (χ3n) is 4.62. The average molecular weight is 382 g/mol.